The summed E-state index contributed by atoms with van der Waals surface area (Å²) in [7, 11) is 0. The number of anilines is 2. The van der Waals surface area contributed by atoms with Crippen molar-refractivity contribution in [3.63, 3.8) is 0 Å². The van der Waals surface area contributed by atoms with Crippen molar-refractivity contribution < 1.29 is 22.8 Å². The van der Waals surface area contributed by atoms with E-state index >= 15 is 0 Å². The SMILES string of the molecule is CC(=O)N1CCN(c2nc(NC(C)c3ccc(Cl)c(C(F)(F)F)c3)c3c(n2)C(=O)N(C(C)C)C3)CC1. The summed E-state index contributed by atoms with van der Waals surface area (Å²) in [6.07, 6.45) is -4.58. The number of rotatable bonds is 5. The third kappa shape index (κ3) is 5.07. The van der Waals surface area contributed by atoms with Crippen LogP contribution in [0.5, 0.6) is 0 Å². The van der Waals surface area contributed by atoms with Gasteiger partial charge < -0.3 is 20.0 Å². The number of hydrogen-bond acceptors (Lipinski definition) is 6. The van der Waals surface area contributed by atoms with Gasteiger partial charge in [-0.15, -0.1) is 0 Å². The number of piperazine rings is 1. The average Bonchev–Trinajstić information content (AvgIpc) is 3.15. The highest BCUT2D eigenvalue weighted by atomic mass is 35.5. The summed E-state index contributed by atoms with van der Waals surface area (Å²) in [5.41, 5.74) is 0.357. The Morgan fingerprint density at radius 2 is 1.78 bits per heavy atom. The fourth-order valence-electron chi connectivity index (χ4n) is 4.39. The topological polar surface area (TPSA) is 81.7 Å². The predicted octanol–water partition coefficient (Wildman–Crippen LogP) is 4.35. The molecule has 1 saturated heterocycles. The number of carbonyl (C=O) groups is 2. The van der Waals surface area contributed by atoms with Crippen molar-refractivity contribution in [2.75, 3.05) is 36.4 Å². The van der Waals surface area contributed by atoms with Crippen LogP contribution in [0.3, 0.4) is 0 Å². The number of carbonyl (C=O) groups excluding carboxylic acids is 2. The van der Waals surface area contributed by atoms with Gasteiger partial charge >= 0.3 is 6.18 Å². The lowest BCUT2D eigenvalue weighted by Crippen LogP contribution is -2.48. The molecule has 0 saturated carbocycles. The Kier molecular flexibility index (Phi) is 7.05. The number of aromatic nitrogens is 2. The lowest BCUT2D eigenvalue weighted by molar-refractivity contribution is -0.137. The molecule has 12 heteroatoms. The highest BCUT2D eigenvalue weighted by Crippen LogP contribution is 2.37. The van der Waals surface area contributed by atoms with E-state index in [-0.39, 0.29) is 28.6 Å². The molecule has 1 N–H and O–H groups in total. The monoisotopic (exact) mass is 524 g/mol. The molecule has 0 radical (unpaired) electrons. The molecule has 8 nitrogen and oxygen atoms in total. The number of fused-ring (bicyclic) bond motifs is 1. The summed E-state index contributed by atoms with van der Waals surface area (Å²) in [6, 6.07) is 3.16. The number of halogens is 4. The first-order valence-electron chi connectivity index (χ1n) is 11.7. The van der Waals surface area contributed by atoms with Crippen molar-refractivity contribution in [2.24, 2.45) is 0 Å². The number of alkyl halides is 3. The summed E-state index contributed by atoms with van der Waals surface area (Å²) in [4.78, 5) is 39.4. The molecule has 2 aromatic rings. The fraction of sp³-hybridized carbons (Fsp3) is 0.500. The van der Waals surface area contributed by atoms with Crippen molar-refractivity contribution in [3.05, 3.63) is 45.6 Å². The second-order valence-electron chi connectivity index (χ2n) is 9.32. The molecule has 2 aliphatic rings. The van der Waals surface area contributed by atoms with Gasteiger partial charge in [0, 0.05) is 50.7 Å². The van der Waals surface area contributed by atoms with Gasteiger partial charge in [0.2, 0.25) is 11.9 Å². The summed E-state index contributed by atoms with van der Waals surface area (Å²) in [5, 5.41) is 2.84. The molecule has 194 valence electrons. The normalized spacial score (nSPS) is 17.0. The van der Waals surface area contributed by atoms with Gasteiger partial charge in [-0.1, -0.05) is 17.7 Å². The van der Waals surface area contributed by atoms with Crippen LogP contribution in [0.1, 0.15) is 60.9 Å². The molecular formula is C24H28ClF3N6O2. The summed E-state index contributed by atoms with van der Waals surface area (Å²) >= 11 is 5.79. The first-order chi connectivity index (χ1) is 16.9. The molecule has 2 amide bonds. The van der Waals surface area contributed by atoms with E-state index in [4.69, 9.17) is 16.6 Å². The van der Waals surface area contributed by atoms with Crippen LogP contribution >= 0.6 is 11.6 Å². The van der Waals surface area contributed by atoms with E-state index < -0.39 is 17.8 Å². The van der Waals surface area contributed by atoms with E-state index in [1.54, 1.807) is 16.7 Å². The van der Waals surface area contributed by atoms with Crippen LogP contribution in [0, 0.1) is 0 Å². The molecule has 2 aliphatic heterocycles. The van der Waals surface area contributed by atoms with Crippen LogP contribution < -0.4 is 10.2 Å². The third-order valence-corrected chi connectivity index (χ3v) is 6.90. The first-order valence-corrected chi connectivity index (χ1v) is 12.1. The van der Waals surface area contributed by atoms with Crippen LogP contribution in [0.15, 0.2) is 18.2 Å². The molecule has 1 aromatic carbocycles. The zero-order valence-corrected chi connectivity index (χ0v) is 21.2. The highest BCUT2D eigenvalue weighted by molar-refractivity contribution is 6.31. The van der Waals surface area contributed by atoms with E-state index in [1.807, 2.05) is 18.7 Å². The lowest BCUT2D eigenvalue weighted by Gasteiger charge is -2.34. The maximum Gasteiger partial charge on any atom is 0.417 e. The zero-order valence-electron chi connectivity index (χ0n) is 20.5. The van der Waals surface area contributed by atoms with Gasteiger partial charge in [-0.2, -0.15) is 18.2 Å². The summed E-state index contributed by atoms with van der Waals surface area (Å²) < 4.78 is 40.2. The van der Waals surface area contributed by atoms with Crippen LogP contribution in [-0.4, -0.2) is 63.8 Å². The smallest absolute Gasteiger partial charge is 0.363 e. The van der Waals surface area contributed by atoms with Gasteiger partial charge in [0.25, 0.3) is 5.91 Å². The summed E-state index contributed by atoms with van der Waals surface area (Å²) in [6.45, 7) is 9.36. The maximum atomic E-state index is 13.4. The largest absolute Gasteiger partial charge is 0.417 e. The van der Waals surface area contributed by atoms with Gasteiger partial charge in [0.05, 0.1) is 17.1 Å². The molecular weight excluding hydrogens is 497 g/mol. The molecule has 1 unspecified atom stereocenters. The average molecular weight is 525 g/mol. The van der Waals surface area contributed by atoms with Crippen LogP contribution in [-0.2, 0) is 17.5 Å². The molecule has 0 spiro atoms. The van der Waals surface area contributed by atoms with Crippen molar-refractivity contribution in [1.29, 1.82) is 0 Å². The molecule has 1 fully saturated rings. The second kappa shape index (κ2) is 9.76. The molecule has 0 aliphatic carbocycles. The number of nitrogens with one attached hydrogen (secondary N) is 1. The fourth-order valence-corrected chi connectivity index (χ4v) is 4.62. The Balaban J connectivity index is 1.68. The highest BCUT2D eigenvalue weighted by Gasteiger charge is 2.36. The lowest BCUT2D eigenvalue weighted by atomic mass is 10.0. The molecule has 1 atom stereocenters. The standard InChI is InChI=1S/C24H28ClF3N6O2/c1-13(2)34-12-17-20(22(34)36)30-23(33-9-7-32(8-10-33)15(4)35)31-21(17)29-14(3)16-5-6-19(25)18(11-16)24(26,27)28/h5-6,11,13-14H,7-10,12H2,1-4H3,(H,29,30,31). The third-order valence-electron chi connectivity index (χ3n) is 6.57. The van der Waals surface area contributed by atoms with E-state index in [0.717, 1.165) is 6.07 Å². The van der Waals surface area contributed by atoms with E-state index in [9.17, 15) is 22.8 Å². The second-order valence-corrected chi connectivity index (χ2v) is 9.73. The van der Waals surface area contributed by atoms with Gasteiger partial charge in [-0.25, -0.2) is 4.98 Å². The van der Waals surface area contributed by atoms with Crippen LogP contribution in [0.4, 0.5) is 24.9 Å². The minimum atomic E-state index is -4.58. The molecule has 3 heterocycles. The van der Waals surface area contributed by atoms with E-state index in [1.165, 1.54) is 19.1 Å². The van der Waals surface area contributed by atoms with Gasteiger partial charge in [-0.05, 0) is 38.5 Å². The van der Waals surface area contributed by atoms with Crippen molar-refractivity contribution in [3.8, 4) is 0 Å². The van der Waals surface area contributed by atoms with Crippen molar-refractivity contribution in [2.45, 2.75) is 52.5 Å². The number of amides is 2. The molecule has 1 aromatic heterocycles. The molecule has 4 rings (SSSR count). The quantitative estimate of drug-likeness (QED) is 0.626. The predicted molar refractivity (Wildman–Crippen MR) is 130 cm³/mol. The number of nitrogens with zero attached hydrogens (tertiary/aromatic N) is 5. The Hall–Kier alpha value is -3.08. The van der Waals surface area contributed by atoms with E-state index in [2.05, 4.69) is 10.3 Å². The van der Waals surface area contributed by atoms with Gasteiger partial charge in [0.15, 0.2) is 0 Å². The van der Waals surface area contributed by atoms with Crippen LogP contribution in [0.2, 0.25) is 5.02 Å². The van der Waals surface area contributed by atoms with Gasteiger partial charge in [-0.3, -0.25) is 9.59 Å². The van der Waals surface area contributed by atoms with E-state index in [0.29, 0.717) is 55.6 Å². The number of benzene rings is 1. The van der Waals surface area contributed by atoms with Gasteiger partial charge in [0.1, 0.15) is 11.5 Å². The summed E-state index contributed by atoms with van der Waals surface area (Å²) in [5.74, 6) is 0.520. The van der Waals surface area contributed by atoms with Crippen molar-refractivity contribution in [1.82, 2.24) is 19.8 Å². The zero-order chi connectivity index (χ0) is 26.4. The Morgan fingerprint density at radius 3 is 2.36 bits per heavy atom. The molecule has 0 bridgehead atoms. The van der Waals surface area contributed by atoms with Crippen LogP contribution in [0.25, 0.3) is 0 Å². The number of hydrogen-bond donors (Lipinski definition) is 1. The Labute approximate surface area is 212 Å². The minimum Gasteiger partial charge on any atom is -0.363 e. The minimum absolute atomic E-state index is 0.00959. The maximum absolute atomic E-state index is 13.4. The molecule has 36 heavy (non-hydrogen) atoms. The first kappa shape index (κ1) is 26.0. The Bertz CT molecular complexity index is 1180. The Morgan fingerprint density at radius 1 is 1.11 bits per heavy atom. The van der Waals surface area contributed by atoms with Crippen molar-refractivity contribution >= 4 is 35.2 Å².